The second kappa shape index (κ2) is 3.98. The van der Waals surface area contributed by atoms with Crippen molar-refractivity contribution in [3.8, 4) is 0 Å². The number of aldehydes is 1. The third-order valence-electron chi connectivity index (χ3n) is 1.56. The summed E-state index contributed by atoms with van der Waals surface area (Å²) in [5, 5.41) is 0. The molecule has 0 aliphatic carbocycles. The smallest absolute Gasteiger partial charge is 0.163 e. The molecule has 0 aromatic heterocycles. The van der Waals surface area contributed by atoms with Crippen LogP contribution >= 0.6 is 0 Å². The minimum absolute atomic E-state index is 0.0417. The van der Waals surface area contributed by atoms with Crippen LogP contribution in [0.3, 0.4) is 0 Å². The van der Waals surface area contributed by atoms with E-state index < -0.39 is 5.79 Å². The van der Waals surface area contributed by atoms with Crippen molar-refractivity contribution in [1.82, 2.24) is 0 Å². The van der Waals surface area contributed by atoms with E-state index in [1.54, 1.807) is 0 Å². The highest BCUT2D eigenvalue weighted by molar-refractivity contribution is 5.50. The lowest BCUT2D eigenvalue weighted by molar-refractivity contribution is -0.145. The third-order valence-corrected chi connectivity index (χ3v) is 1.56. The quantitative estimate of drug-likeness (QED) is 0.456. The van der Waals surface area contributed by atoms with Crippen LogP contribution in [0.4, 0.5) is 0 Å². The summed E-state index contributed by atoms with van der Waals surface area (Å²) < 4.78 is 15.7. The zero-order valence-electron chi connectivity index (χ0n) is 7.41. The van der Waals surface area contributed by atoms with Crippen molar-refractivity contribution in [3.05, 3.63) is 0 Å². The molecule has 1 rings (SSSR count). The molecule has 1 atom stereocenters. The fourth-order valence-corrected chi connectivity index (χ4v) is 1.09. The molecule has 0 aromatic rings. The second-order valence-corrected chi connectivity index (χ2v) is 3.15. The minimum atomic E-state index is -0.505. The van der Waals surface area contributed by atoms with Crippen LogP contribution in [0.15, 0.2) is 0 Å². The first kappa shape index (κ1) is 9.64. The Morgan fingerprint density at radius 2 is 2.42 bits per heavy atom. The van der Waals surface area contributed by atoms with Crippen LogP contribution in [0.25, 0.3) is 0 Å². The molecule has 0 radical (unpaired) electrons. The molecular formula is C8H14O4. The van der Waals surface area contributed by atoms with E-state index in [1.165, 1.54) is 0 Å². The summed E-state index contributed by atoms with van der Waals surface area (Å²) in [4.78, 5) is 9.91. The molecule has 0 saturated carbocycles. The molecule has 0 unspecified atom stereocenters. The van der Waals surface area contributed by atoms with Crippen LogP contribution in [-0.2, 0) is 19.0 Å². The Balaban J connectivity index is 2.15. The molecule has 1 aliphatic heterocycles. The molecule has 0 spiro atoms. The molecule has 0 aromatic carbocycles. The van der Waals surface area contributed by atoms with Gasteiger partial charge in [0.25, 0.3) is 0 Å². The maximum atomic E-state index is 9.91. The Morgan fingerprint density at radius 1 is 1.67 bits per heavy atom. The number of carbonyl (C=O) groups excluding carboxylic acids is 1. The monoisotopic (exact) mass is 174 g/mol. The highest BCUT2D eigenvalue weighted by atomic mass is 16.7. The van der Waals surface area contributed by atoms with Gasteiger partial charge in [0.05, 0.1) is 13.2 Å². The van der Waals surface area contributed by atoms with Crippen molar-refractivity contribution in [2.75, 3.05) is 19.8 Å². The van der Waals surface area contributed by atoms with E-state index >= 15 is 0 Å². The van der Waals surface area contributed by atoms with Crippen LogP contribution in [0, 0.1) is 0 Å². The highest BCUT2D eigenvalue weighted by Gasteiger charge is 2.32. The molecule has 1 fully saturated rings. The Kier molecular flexibility index (Phi) is 3.20. The van der Waals surface area contributed by atoms with Gasteiger partial charge in [-0.3, -0.25) is 0 Å². The van der Waals surface area contributed by atoms with Gasteiger partial charge in [0.1, 0.15) is 19.0 Å². The lowest BCUT2D eigenvalue weighted by Gasteiger charge is -2.16. The van der Waals surface area contributed by atoms with E-state index in [2.05, 4.69) is 0 Å². The molecule has 0 bridgehead atoms. The Bertz CT molecular complexity index is 155. The first-order valence-electron chi connectivity index (χ1n) is 3.97. The first-order valence-corrected chi connectivity index (χ1v) is 3.97. The lowest BCUT2D eigenvalue weighted by Crippen LogP contribution is -2.24. The zero-order valence-corrected chi connectivity index (χ0v) is 7.41. The Hall–Kier alpha value is -0.450. The van der Waals surface area contributed by atoms with Gasteiger partial charge in [-0.05, 0) is 13.8 Å². The van der Waals surface area contributed by atoms with Crippen molar-refractivity contribution in [1.29, 1.82) is 0 Å². The highest BCUT2D eigenvalue weighted by Crippen LogP contribution is 2.21. The van der Waals surface area contributed by atoms with Gasteiger partial charge in [-0.2, -0.15) is 0 Å². The summed E-state index contributed by atoms with van der Waals surface area (Å²) in [5.41, 5.74) is 0. The van der Waals surface area contributed by atoms with Crippen LogP contribution in [0.1, 0.15) is 13.8 Å². The maximum Gasteiger partial charge on any atom is 0.163 e. The number of hydrogen-bond acceptors (Lipinski definition) is 4. The van der Waals surface area contributed by atoms with Gasteiger partial charge in [0.2, 0.25) is 0 Å². The SMILES string of the molecule is CC1(C)OC[C@H](COCC=O)O1. The molecule has 1 heterocycles. The van der Waals surface area contributed by atoms with Crippen LogP contribution in [0.2, 0.25) is 0 Å². The van der Waals surface area contributed by atoms with Crippen molar-refractivity contribution < 1.29 is 19.0 Å². The molecule has 0 N–H and O–H groups in total. The molecule has 4 heteroatoms. The van der Waals surface area contributed by atoms with Gasteiger partial charge in [0, 0.05) is 0 Å². The fourth-order valence-electron chi connectivity index (χ4n) is 1.09. The molecule has 70 valence electrons. The molecule has 1 saturated heterocycles. The molecule has 4 nitrogen and oxygen atoms in total. The van der Waals surface area contributed by atoms with Crippen LogP contribution in [-0.4, -0.2) is 38.0 Å². The summed E-state index contributed by atoms with van der Waals surface area (Å²) in [6.45, 7) is 4.79. The Labute approximate surface area is 71.8 Å². The Morgan fingerprint density at radius 3 is 2.92 bits per heavy atom. The number of carbonyl (C=O) groups is 1. The van der Waals surface area contributed by atoms with Gasteiger partial charge >= 0.3 is 0 Å². The van der Waals surface area contributed by atoms with Crippen molar-refractivity contribution in [3.63, 3.8) is 0 Å². The summed E-state index contributed by atoms with van der Waals surface area (Å²) >= 11 is 0. The molecular weight excluding hydrogens is 160 g/mol. The summed E-state index contributed by atoms with van der Waals surface area (Å²) in [5.74, 6) is -0.505. The van der Waals surface area contributed by atoms with E-state index in [0.717, 1.165) is 6.29 Å². The summed E-state index contributed by atoms with van der Waals surface area (Å²) in [6.07, 6.45) is 0.681. The van der Waals surface area contributed by atoms with E-state index in [9.17, 15) is 4.79 Å². The van der Waals surface area contributed by atoms with E-state index in [1.807, 2.05) is 13.8 Å². The zero-order chi connectivity index (χ0) is 9.03. The molecule has 0 amide bonds. The maximum absolute atomic E-state index is 9.91. The predicted octanol–water partition coefficient (Wildman–Crippen LogP) is 0.353. The molecule has 12 heavy (non-hydrogen) atoms. The van der Waals surface area contributed by atoms with Crippen molar-refractivity contribution in [2.24, 2.45) is 0 Å². The number of rotatable bonds is 4. The lowest BCUT2D eigenvalue weighted by atomic mass is 10.4. The summed E-state index contributed by atoms with van der Waals surface area (Å²) in [6, 6.07) is 0. The van der Waals surface area contributed by atoms with Gasteiger partial charge < -0.3 is 19.0 Å². The predicted molar refractivity (Wildman–Crippen MR) is 41.8 cm³/mol. The van der Waals surface area contributed by atoms with E-state index in [-0.39, 0.29) is 12.7 Å². The fraction of sp³-hybridized carbons (Fsp3) is 0.875. The largest absolute Gasteiger partial charge is 0.371 e. The average molecular weight is 174 g/mol. The first-order chi connectivity index (χ1) is 5.64. The van der Waals surface area contributed by atoms with E-state index in [0.29, 0.717) is 13.2 Å². The van der Waals surface area contributed by atoms with Gasteiger partial charge in [-0.15, -0.1) is 0 Å². The topological polar surface area (TPSA) is 44.8 Å². The third kappa shape index (κ3) is 2.89. The van der Waals surface area contributed by atoms with Crippen LogP contribution in [0.5, 0.6) is 0 Å². The normalized spacial score (nSPS) is 27.3. The van der Waals surface area contributed by atoms with Crippen LogP contribution < -0.4 is 0 Å². The van der Waals surface area contributed by atoms with E-state index in [4.69, 9.17) is 14.2 Å². The number of hydrogen-bond donors (Lipinski definition) is 0. The second-order valence-electron chi connectivity index (χ2n) is 3.15. The van der Waals surface area contributed by atoms with Crippen molar-refractivity contribution in [2.45, 2.75) is 25.7 Å². The van der Waals surface area contributed by atoms with Gasteiger partial charge in [-0.1, -0.05) is 0 Å². The standard InChI is InChI=1S/C8H14O4/c1-8(2)11-6-7(12-8)5-10-4-3-9/h3,7H,4-6H2,1-2H3/t7-/m0/s1. The van der Waals surface area contributed by atoms with Gasteiger partial charge in [0.15, 0.2) is 5.79 Å². The average Bonchev–Trinajstić information content (AvgIpc) is 2.31. The minimum Gasteiger partial charge on any atom is -0.371 e. The van der Waals surface area contributed by atoms with Gasteiger partial charge in [-0.25, -0.2) is 0 Å². The summed E-state index contributed by atoms with van der Waals surface area (Å²) in [7, 11) is 0. The number of ether oxygens (including phenoxy) is 3. The van der Waals surface area contributed by atoms with Crippen molar-refractivity contribution >= 4 is 6.29 Å². The molecule has 1 aliphatic rings.